The average Bonchev–Trinajstić information content (AvgIpc) is 3.14. The lowest BCUT2D eigenvalue weighted by molar-refractivity contribution is -0.110. The van der Waals surface area contributed by atoms with Gasteiger partial charge >= 0.3 is 0 Å². The number of hydrogen-bond acceptors (Lipinski definition) is 8. The highest BCUT2D eigenvalue weighted by molar-refractivity contribution is 7.91. The van der Waals surface area contributed by atoms with Gasteiger partial charge in [0.15, 0.2) is 10.0 Å². The van der Waals surface area contributed by atoms with Crippen molar-refractivity contribution >= 4 is 55.4 Å². The van der Waals surface area contributed by atoms with Gasteiger partial charge in [-0.15, -0.1) is 0 Å². The minimum absolute atomic E-state index is 0.190. The molecule has 0 aliphatic heterocycles. The van der Waals surface area contributed by atoms with Gasteiger partial charge in [-0.3, -0.25) is 15.5 Å². The minimum atomic E-state index is -1.13. The maximum atomic E-state index is 12.4. The second kappa shape index (κ2) is 9.79. The van der Waals surface area contributed by atoms with E-state index in [1.54, 1.807) is 44.5 Å². The number of aromatic nitrogens is 2. The Labute approximate surface area is 175 Å². The summed E-state index contributed by atoms with van der Waals surface area (Å²) in [5.41, 5.74) is 0.929. The monoisotopic (exact) mass is 431 g/mol. The van der Waals surface area contributed by atoms with E-state index in [0.29, 0.717) is 50.5 Å². The first-order valence-electron chi connectivity index (χ1n) is 8.85. The molecule has 0 spiro atoms. The molecule has 2 aromatic heterocycles. The maximum absolute atomic E-state index is 12.4. The summed E-state index contributed by atoms with van der Waals surface area (Å²) in [5, 5.41) is 14.1. The summed E-state index contributed by atoms with van der Waals surface area (Å²) in [5.74, 6) is 0.657. The minimum Gasteiger partial charge on any atom is -0.611 e. The molecule has 1 aromatic carbocycles. The Balaban J connectivity index is 1.64. The fraction of sp³-hybridized carbons (Fsp3) is 0.263. The fourth-order valence-corrected chi connectivity index (χ4v) is 4.41. The number of rotatable bonds is 9. The van der Waals surface area contributed by atoms with Crippen LogP contribution in [0.15, 0.2) is 41.3 Å². The molecular weight excluding hydrogens is 410 g/mol. The third-order valence-electron chi connectivity index (χ3n) is 4.04. The van der Waals surface area contributed by atoms with Crippen LogP contribution in [-0.4, -0.2) is 52.7 Å². The number of ether oxygens (including phenoxy) is 1. The van der Waals surface area contributed by atoms with Gasteiger partial charge in [-0.25, -0.2) is 9.97 Å². The largest absolute Gasteiger partial charge is 0.611 e. The zero-order valence-electron chi connectivity index (χ0n) is 16.0. The summed E-state index contributed by atoms with van der Waals surface area (Å²) in [6.45, 7) is 0.562. The maximum Gasteiger partial charge on any atom is 0.275 e. The van der Waals surface area contributed by atoms with Gasteiger partial charge in [-0.05, 0) is 47.6 Å². The molecule has 0 fully saturated rings. The standard InChI is InChI=1S/C19H21N5O3S2/c1-21-15-9-8-14-18(23-15)28-19(22-14)24-17(25)16(20)12-4-6-13(7-5-12)29(26)11-3-10-27-2/h4-9,20H,3,10-11H2,1-2H3,(H,21,23)(H,22,24,25). The second-order valence-corrected chi connectivity index (χ2v) is 8.59. The van der Waals surface area contributed by atoms with Crippen molar-refractivity contribution in [1.82, 2.24) is 9.97 Å². The number of carbonyl (C=O) groups is 1. The van der Waals surface area contributed by atoms with Crippen molar-refractivity contribution in [3.05, 3.63) is 42.0 Å². The molecule has 1 atom stereocenters. The summed E-state index contributed by atoms with van der Waals surface area (Å²) in [6.07, 6.45) is 0.704. The van der Waals surface area contributed by atoms with Crippen molar-refractivity contribution in [3.63, 3.8) is 0 Å². The molecular formula is C19H21N5O3S2. The van der Waals surface area contributed by atoms with E-state index in [4.69, 9.17) is 10.1 Å². The van der Waals surface area contributed by atoms with Crippen molar-refractivity contribution in [2.45, 2.75) is 11.3 Å². The number of benzene rings is 1. The van der Waals surface area contributed by atoms with Crippen molar-refractivity contribution in [1.29, 1.82) is 5.41 Å². The topological polar surface area (TPSA) is 123 Å². The Hall–Kier alpha value is -2.53. The van der Waals surface area contributed by atoms with Gasteiger partial charge in [0.1, 0.15) is 27.6 Å². The van der Waals surface area contributed by atoms with E-state index in [1.807, 2.05) is 6.07 Å². The number of thiazole rings is 1. The number of fused-ring (bicyclic) bond motifs is 1. The van der Waals surface area contributed by atoms with Crippen LogP contribution in [-0.2, 0) is 20.7 Å². The first-order chi connectivity index (χ1) is 14.0. The smallest absolute Gasteiger partial charge is 0.275 e. The third-order valence-corrected chi connectivity index (χ3v) is 6.38. The fourth-order valence-electron chi connectivity index (χ4n) is 2.53. The Kier molecular flexibility index (Phi) is 7.15. The predicted molar refractivity (Wildman–Crippen MR) is 117 cm³/mol. The van der Waals surface area contributed by atoms with Gasteiger partial charge in [-0.1, -0.05) is 11.3 Å². The molecule has 1 unspecified atom stereocenters. The third kappa shape index (κ3) is 5.30. The van der Waals surface area contributed by atoms with E-state index in [1.165, 1.54) is 11.3 Å². The van der Waals surface area contributed by atoms with E-state index < -0.39 is 17.1 Å². The van der Waals surface area contributed by atoms with Crippen molar-refractivity contribution in [2.24, 2.45) is 0 Å². The molecule has 3 N–H and O–H groups in total. The van der Waals surface area contributed by atoms with Gasteiger partial charge in [0.05, 0.1) is 6.61 Å². The number of nitrogens with one attached hydrogen (secondary N) is 3. The normalized spacial score (nSPS) is 12.0. The molecule has 0 aliphatic rings. The number of anilines is 2. The number of methoxy groups -OCH3 is 1. The van der Waals surface area contributed by atoms with Crippen LogP contribution in [0.3, 0.4) is 0 Å². The molecule has 0 saturated carbocycles. The quantitative estimate of drug-likeness (QED) is 0.272. The highest BCUT2D eigenvalue weighted by Gasteiger charge is 2.17. The van der Waals surface area contributed by atoms with Crippen molar-refractivity contribution < 1.29 is 14.1 Å². The van der Waals surface area contributed by atoms with Gasteiger partial charge in [0, 0.05) is 26.1 Å². The highest BCUT2D eigenvalue weighted by atomic mass is 32.2. The van der Waals surface area contributed by atoms with Crippen LogP contribution in [0.5, 0.6) is 0 Å². The van der Waals surface area contributed by atoms with Gasteiger partial charge in [-0.2, -0.15) is 0 Å². The van der Waals surface area contributed by atoms with Gasteiger partial charge in [0.2, 0.25) is 0 Å². The Bertz CT molecular complexity index is 1010. The number of carbonyl (C=O) groups excluding carboxylic acids is 1. The molecule has 1 amide bonds. The molecule has 152 valence electrons. The van der Waals surface area contributed by atoms with Gasteiger partial charge < -0.3 is 14.6 Å². The molecule has 10 heteroatoms. The molecule has 2 heterocycles. The summed E-state index contributed by atoms with van der Waals surface area (Å²) in [4.78, 5) is 22.5. The van der Waals surface area contributed by atoms with Crippen LogP contribution in [0, 0.1) is 5.41 Å². The number of nitrogens with zero attached hydrogens (tertiary/aromatic N) is 2. The van der Waals surface area contributed by atoms with Crippen LogP contribution in [0.25, 0.3) is 10.3 Å². The first-order valence-corrected chi connectivity index (χ1v) is 11.0. The lowest BCUT2D eigenvalue weighted by Crippen LogP contribution is -2.22. The Morgan fingerprint density at radius 3 is 2.69 bits per heavy atom. The molecule has 0 radical (unpaired) electrons. The molecule has 0 aliphatic carbocycles. The van der Waals surface area contributed by atoms with Crippen LogP contribution in [0.4, 0.5) is 10.9 Å². The zero-order chi connectivity index (χ0) is 20.8. The van der Waals surface area contributed by atoms with Crippen molar-refractivity contribution in [2.75, 3.05) is 37.2 Å². The first kappa shape index (κ1) is 21.2. The van der Waals surface area contributed by atoms with Crippen LogP contribution >= 0.6 is 11.3 Å². The summed E-state index contributed by atoms with van der Waals surface area (Å²) in [7, 11) is 3.39. The summed E-state index contributed by atoms with van der Waals surface area (Å²) in [6, 6.07) is 10.2. The molecule has 8 nitrogen and oxygen atoms in total. The average molecular weight is 432 g/mol. The van der Waals surface area contributed by atoms with E-state index in [9.17, 15) is 9.35 Å². The predicted octanol–water partition coefficient (Wildman–Crippen LogP) is 2.88. The number of pyridine rings is 1. The van der Waals surface area contributed by atoms with E-state index >= 15 is 0 Å². The Morgan fingerprint density at radius 2 is 2.00 bits per heavy atom. The van der Waals surface area contributed by atoms with Crippen LogP contribution in [0.1, 0.15) is 12.0 Å². The lowest BCUT2D eigenvalue weighted by Gasteiger charge is -2.11. The Morgan fingerprint density at radius 1 is 1.24 bits per heavy atom. The summed E-state index contributed by atoms with van der Waals surface area (Å²) < 4.78 is 17.2. The van der Waals surface area contributed by atoms with Gasteiger partial charge in [0.25, 0.3) is 5.91 Å². The molecule has 3 aromatic rings. The van der Waals surface area contributed by atoms with Crippen LogP contribution in [0.2, 0.25) is 0 Å². The molecule has 0 saturated heterocycles. The van der Waals surface area contributed by atoms with E-state index in [0.717, 1.165) is 0 Å². The molecule has 29 heavy (non-hydrogen) atoms. The number of amides is 1. The highest BCUT2D eigenvalue weighted by Crippen LogP contribution is 2.25. The second-order valence-electron chi connectivity index (χ2n) is 6.04. The summed E-state index contributed by atoms with van der Waals surface area (Å²) >= 11 is 0.110. The molecule has 0 bridgehead atoms. The molecule has 3 rings (SSSR count). The van der Waals surface area contributed by atoms with Crippen LogP contribution < -0.4 is 10.6 Å². The lowest BCUT2D eigenvalue weighted by atomic mass is 10.1. The van der Waals surface area contributed by atoms with Crippen molar-refractivity contribution in [3.8, 4) is 0 Å². The van der Waals surface area contributed by atoms with E-state index in [2.05, 4.69) is 20.6 Å². The SMILES string of the molecule is CNc1ccc2nc(NC(=O)C(=N)c3ccc([S+]([O-])CCCOC)cc3)sc2n1. The zero-order valence-corrected chi connectivity index (χ0v) is 17.7. The van der Waals surface area contributed by atoms with E-state index in [-0.39, 0.29) is 5.71 Å². The number of hydrogen-bond donors (Lipinski definition) is 3.